The molecule has 9 aromatic carbocycles. The van der Waals surface area contributed by atoms with E-state index in [1.807, 2.05) is 36.4 Å². The Morgan fingerprint density at radius 3 is 1.29 bits per heavy atom. The third-order valence-corrected chi connectivity index (χ3v) is 12.2. The smallest absolute Gasteiger partial charge is 0.160 e. The summed E-state index contributed by atoms with van der Waals surface area (Å²) in [7, 11) is 0. The Labute approximate surface area is 359 Å². The minimum absolute atomic E-state index is 0.705. The van der Waals surface area contributed by atoms with Crippen LogP contribution < -0.4 is 0 Å². The summed E-state index contributed by atoms with van der Waals surface area (Å²) in [6.45, 7) is 0. The Hall–Kier alpha value is -8.34. The van der Waals surface area contributed by atoms with E-state index < -0.39 is 0 Å². The van der Waals surface area contributed by atoms with E-state index in [1.54, 1.807) is 0 Å². The molecule has 4 nitrogen and oxygen atoms in total. The number of nitrogens with zero attached hydrogens (tertiary/aromatic N) is 4. The van der Waals surface area contributed by atoms with Crippen LogP contribution in [0.1, 0.15) is 0 Å². The van der Waals surface area contributed by atoms with Gasteiger partial charge in [-0.15, -0.1) is 0 Å². The van der Waals surface area contributed by atoms with Crippen LogP contribution in [0, 0.1) is 0 Å². The highest BCUT2D eigenvalue weighted by molar-refractivity contribution is 6.12. The van der Waals surface area contributed by atoms with E-state index in [0.29, 0.717) is 5.82 Å². The molecular formula is C58H38N4. The van der Waals surface area contributed by atoms with Crippen LogP contribution in [0.3, 0.4) is 0 Å². The predicted octanol–water partition coefficient (Wildman–Crippen LogP) is 15.0. The van der Waals surface area contributed by atoms with E-state index >= 15 is 0 Å². The number of rotatable bonds is 7. The Morgan fingerprint density at radius 2 is 0.661 bits per heavy atom. The van der Waals surface area contributed by atoms with Crippen molar-refractivity contribution < 1.29 is 0 Å². The van der Waals surface area contributed by atoms with Gasteiger partial charge in [0.2, 0.25) is 0 Å². The van der Waals surface area contributed by atoms with Crippen molar-refractivity contribution in [1.82, 2.24) is 19.1 Å². The Morgan fingerprint density at radius 1 is 0.242 bits per heavy atom. The fourth-order valence-corrected chi connectivity index (χ4v) is 9.14. The zero-order chi connectivity index (χ0) is 41.0. The molecule has 290 valence electrons. The van der Waals surface area contributed by atoms with Gasteiger partial charge in [0.1, 0.15) is 0 Å². The van der Waals surface area contributed by atoms with Crippen molar-refractivity contribution in [3.8, 4) is 67.5 Å². The molecule has 62 heavy (non-hydrogen) atoms. The Kier molecular flexibility index (Phi) is 8.46. The molecule has 0 atom stereocenters. The van der Waals surface area contributed by atoms with Crippen molar-refractivity contribution in [2.75, 3.05) is 0 Å². The van der Waals surface area contributed by atoms with Crippen LogP contribution in [-0.4, -0.2) is 19.1 Å². The molecule has 0 bridgehead atoms. The number of hydrogen-bond donors (Lipinski definition) is 0. The van der Waals surface area contributed by atoms with Gasteiger partial charge in [-0.25, -0.2) is 9.97 Å². The number of fused-ring (bicyclic) bond motifs is 6. The maximum Gasteiger partial charge on any atom is 0.160 e. The second-order valence-electron chi connectivity index (χ2n) is 15.8. The molecule has 3 heterocycles. The second kappa shape index (κ2) is 14.7. The van der Waals surface area contributed by atoms with Gasteiger partial charge in [-0.05, 0) is 82.9 Å². The van der Waals surface area contributed by atoms with E-state index in [0.717, 1.165) is 50.6 Å². The molecule has 0 unspecified atom stereocenters. The first-order chi connectivity index (χ1) is 30.7. The van der Waals surface area contributed by atoms with E-state index in [2.05, 4.69) is 203 Å². The van der Waals surface area contributed by atoms with Gasteiger partial charge < -0.3 is 9.13 Å². The summed E-state index contributed by atoms with van der Waals surface area (Å²) in [6.07, 6.45) is 0. The highest BCUT2D eigenvalue weighted by Crippen LogP contribution is 2.39. The first-order valence-electron chi connectivity index (χ1n) is 21.1. The fourth-order valence-electron chi connectivity index (χ4n) is 9.14. The summed E-state index contributed by atoms with van der Waals surface area (Å²) in [4.78, 5) is 10.1. The average molecular weight is 791 g/mol. The van der Waals surface area contributed by atoms with Gasteiger partial charge in [-0.1, -0.05) is 170 Å². The highest BCUT2D eigenvalue weighted by atomic mass is 15.0. The Balaban J connectivity index is 0.904. The van der Waals surface area contributed by atoms with Crippen LogP contribution in [0.25, 0.3) is 111 Å². The van der Waals surface area contributed by atoms with Gasteiger partial charge in [-0.2, -0.15) is 0 Å². The quantitative estimate of drug-likeness (QED) is 0.161. The van der Waals surface area contributed by atoms with Crippen LogP contribution in [-0.2, 0) is 0 Å². The lowest BCUT2D eigenvalue weighted by Gasteiger charge is -2.12. The normalized spacial score (nSPS) is 11.5. The summed E-state index contributed by atoms with van der Waals surface area (Å²) >= 11 is 0. The SMILES string of the molecule is c1ccc(-c2cc(-c3ccccc3)nc(-c3ccc(-c4ccc(-n5c6ccccc6c6ccc(-c7ccc8c(c7)c7ccccc7n8-c7ccccc7)cc65)cc4)cc3)n2)cc1. The molecule has 0 radical (unpaired) electrons. The Bertz CT molecular complexity index is 3530. The van der Waals surface area contributed by atoms with Crippen LogP contribution >= 0.6 is 0 Å². The van der Waals surface area contributed by atoms with Crippen molar-refractivity contribution in [2.45, 2.75) is 0 Å². The molecule has 12 aromatic rings. The lowest BCUT2D eigenvalue weighted by molar-refractivity contribution is 1.18. The molecule has 12 rings (SSSR count). The maximum absolute atomic E-state index is 5.04. The molecule has 3 aromatic heterocycles. The van der Waals surface area contributed by atoms with Crippen LogP contribution in [0.5, 0.6) is 0 Å². The van der Waals surface area contributed by atoms with Crippen molar-refractivity contribution in [3.63, 3.8) is 0 Å². The fraction of sp³-hybridized carbons (Fsp3) is 0. The summed E-state index contributed by atoms with van der Waals surface area (Å²) in [5.41, 5.74) is 16.6. The lowest BCUT2D eigenvalue weighted by atomic mass is 10.0. The summed E-state index contributed by atoms with van der Waals surface area (Å²) in [5.74, 6) is 0.705. The molecule has 0 aliphatic rings. The zero-order valence-electron chi connectivity index (χ0n) is 33.7. The van der Waals surface area contributed by atoms with Crippen LogP contribution in [0.4, 0.5) is 0 Å². The first-order valence-corrected chi connectivity index (χ1v) is 21.1. The molecule has 0 saturated heterocycles. The maximum atomic E-state index is 5.04. The largest absolute Gasteiger partial charge is 0.309 e. The molecule has 0 N–H and O–H groups in total. The van der Waals surface area contributed by atoms with Gasteiger partial charge in [0, 0.05) is 49.6 Å². The molecule has 0 amide bonds. The minimum atomic E-state index is 0.705. The van der Waals surface area contributed by atoms with Gasteiger partial charge in [0.15, 0.2) is 5.82 Å². The highest BCUT2D eigenvalue weighted by Gasteiger charge is 2.17. The van der Waals surface area contributed by atoms with Crippen molar-refractivity contribution >= 4 is 43.6 Å². The summed E-state index contributed by atoms with van der Waals surface area (Å²) < 4.78 is 4.77. The van der Waals surface area contributed by atoms with E-state index in [-0.39, 0.29) is 0 Å². The molecule has 0 aliphatic heterocycles. The molecule has 0 saturated carbocycles. The van der Waals surface area contributed by atoms with Gasteiger partial charge in [0.05, 0.1) is 33.5 Å². The first kappa shape index (κ1) is 35.6. The molecule has 0 aliphatic carbocycles. The number of aromatic nitrogens is 4. The monoisotopic (exact) mass is 790 g/mol. The van der Waals surface area contributed by atoms with Crippen LogP contribution in [0.15, 0.2) is 231 Å². The predicted molar refractivity (Wildman–Crippen MR) is 258 cm³/mol. The molecule has 0 spiro atoms. The lowest BCUT2D eigenvalue weighted by Crippen LogP contribution is -1.96. The second-order valence-corrected chi connectivity index (χ2v) is 15.8. The third kappa shape index (κ3) is 6.08. The standard InChI is InChI=1S/C58H38N4/c1-4-14-41(15-5-1)52-38-53(42-16-6-2-7-17-42)60-58(59-52)43-26-24-39(25-27-43)40-28-32-47(33-29-40)62-54-22-12-10-20-48(54)50-34-30-45(37-57(50)62)44-31-35-56-51(36-44)49-21-11-13-23-55(49)61(56)46-18-8-3-9-19-46/h1-38H. The number of benzene rings is 9. The van der Waals surface area contributed by atoms with Gasteiger partial charge in [-0.3, -0.25) is 0 Å². The summed E-state index contributed by atoms with van der Waals surface area (Å²) in [5, 5.41) is 4.97. The van der Waals surface area contributed by atoms with E-state index in [9.17, 15) is 0 Å². The van der Waals surface area contributed by atoms with Crippen molar-refractivity contribution in [2.24, 2.45) is 0 Å². The van der Waals surface area contributed by atoms with E-state index in [1.165, 1.54) is 54.7 Å². The number of para-hydroxylation sites is 3. The average Bonchev–Trinajstić information content (AvgIpc) is 3.87. The zero-order valence-corrected chi connectivity index (χ0v) is 33.7. The molecule has 4 heteroatoms. The minimum Gasteiger partial charge on any atom is -0.309 e. The van der Waals surface area contributed by atoms with Crippen LogP contribution in [0.2, 0.25) is 0 Å². The molecule has 0 fully saturated rings. The topological polar surface area (TPSA) is 35.6 Å². The van der Waals surface area contributed by atoms with Crippen molar-refractivity contribution in [1.29, 1.82) is 0 Å². The van der Waals surface area contributed by atoms with Gasteiger partial charge in [0.25, 0.3) is 0 Å². The third-order valence-electron chi connectivity index (χ3n) is 12.2. The molecular weight excluding hydrogens is 753 g/mol. The van der Waals surface area contributed by atoms with E-state index in [4.69, 9.17) is 9.97 Å². The number of hydrogen-bond acceptors (Lipinski definition) is 2. The van der Waals surface area contributed by atoms with Crippen molar-refractivity contribution in [3.05, 3.63) is 231 Å². The van der Waals surface area contributed by atoms with Gasteiger partial charge >= 0.3 is 0 Å². The summed E-state index contributed by atoms with van der Waals surface area (Å²) in [6, 6.07) is 82.2.